The SMILES string of the molecule is Cc1ccc(-c2ccc3nnc(CCC(=O)O)n3n2)cc1C. The minimum absolute atomic E-state index is 0.0103. The first-order chi connectivity index (χ1) is 10.5. The predicted molar refractivity (Wildman–Crippen MR) is 81.6 cm³/mol. The van der Waals surface area contributed by atoms with Crippen LogP contribution in [0.2, 0.25) is 0 Å². The number of carboxylic acid groups (broad SMARTS) is 1. The number of hydrogen-bond acceptors (Lipinski definition) is 4. The van der Waals surface area contributed by atoms with E-state index in [4.69, 9.17) is 5.11 Å². The van der Waals surface area contributed by atoms with Gasteiger partial charge in [0.2, 0.25) is 0 Å². The number of carboxylic acids is 1. The molecule has 2 heterocycles. The van der Waals surface area contributed by atoms with Crippen LogP contribution in [0.5, 0.6) is 0 Å². The van der Waals surface area contributed by atoms with Gasteiger partial charge in [0.05, 0.1) is 12.1 Å². The van der Waals surface area contributed by atoms with Gasteiger partial charge in [0.1, 0.15) is 0 Å². The van der Waals surface area contributed by atoms with Crippen molar-refractivity contribution in [3.8, 4) is 11.3 Å². The van der Waals surface area contributed by atoms with Crippen molar-refractivity contribution in [1.82, 2.24) is 19.8 Å². The molecule has 0 unspecified atom stereocenters. The molecule has 112 valence electrons. The molecule has 2 aromatic heterocycles. The van der Waals surface area contributed by atoms with Crippen molar-refractivity contribution in [1.29, 1.82) is 0 Å². The first-order valence-electron chi connectivity index (χ1n) is 7.05. The average molecular weight is 296 g/mol. The lowest BCUT2D eigenvalue weighted by atomic mass is 10.0. The molecule has 0 aliphatic carbocycles. The highest BCUT2D eigenvalue weighted by Crippen LogP contribution is 2.20. The van der Waals surface area contributed by atoms with Gasteiger partial charge in [-0.05, 0) is 43.2 Å². The van der Waals surface area contributed by atoms with Gasteiger partial charge in [0, 0.05) is 12.0 Å². The van der Waals surface area contributed by atoms with Gasteiger partial charge < -0.3 is 5.11 Å². The van der Waals surface area contributed by atoms with Gasteiger partial charge in [-0.1, -0.05) is 12.1 Å². The highest BCUT2D eigenvalue weighted by Gasteiger charge is 2.10. The summed E-state index contributed by atoms with van der Waals surface area (Å²) >= 11 is 0. The van der Waals surface area contributed by atoms with E-state index in [9.17, 15) is 4.79 Å². The molecule has 0 fully saturated rings. The number of nitrogens with zero attached hydrogens (tertiary/aromatic N) is 4. The molecule has 3 rings (SSSR count). The van der Waals surface area contributed by atoms with Crippen LogP contribution >= 0.6 is 0 Å². The number of aryl methyl sites for hydroxylation is 3. The molecule has 0 aliphatic heterocycles. The predicted octanol–water partition coefficient (Wildman–Crippen LogP) is 2.43. The van der Waals surface area contributed by atoms with Gasteiger partial charge in [-0.15, -0.1) is 10.2 Å². The Kier molecular flexibility index (Phi) is 3.58. The molecule has 0 amide bonds. The number of aliphatic carboxylic acids is 1. The van der Waals surface area contributed by atoms with Crippen LogP contribution in [0.25, 0.3) is 16.9 Å². The van der Waals surface area contributed by atoms with E-state index in [1.807, 2.05) is 18.2 Å². The summed E-state index contributed by atoms with van der Waals surface area (Å²) in [7, 11) is 0. The van der Waals surface area contributed by atoms with E-state index in [0.717, 1.165) is 11.3 Å². The average Bonchev–Trinajstić information content (AvgIpc) is 2.90. The van der Waals surface area contributed by atoms with Crippen molar-refractivity contribution >= 4 is 11.6 Å². The quantitative estimate of drug-likeness (QED) is 0.799. The number of carbonyl (C=O) groups is 1. The summed E-state index contributed by atoms with van der Waals surface area (Å²) in [6.45, 7) is 4.13. The molecule has 1 aromatic carbocycles. The molecule has 3 aromatic rings. The fraction of sp³-hybridized carbons (Fsp3) is 0.250. The van der Waals surface area contributed by atoms with Gasteiger partial charge >= 0.3 is 5.97 Å². The smallest absolute Gasteiger partial charge is 0.303 e. The van der Waals surface area contributed by atoms with Crippen LogP contribution in [0.4, 0.5) is 0 Å². The molecule has 0 saturated carbocycles. The Morgan fingerprint density at radius 3 is 2.68 bits per heavy atom. The second-order valence-electron chi connectivity index (χ2n) is 5.30. The summed E-state index contributed by atoms with van der Waals surface area (Å²) in [6.07, 6.45) is 0.316. The highest BCUT2D eigenvalue weighted by molar-refractivity contribution is 5.67. The maximum atomic E-state index is 10.7. The second kappa shape index (κ2) is 5.55. The Morgan fingerprint density at radius 2 is 1.95 bits per heavy atom. The van der Waals surface area contributed by atoms with Crippen LogP contribution in [0.15, 0.2) is 30.3 Å². The lowest BCUT2D eigenvalue weighted by Gasteiger charge is -2.06. The number of fused-ring (bicyclic) bond motifs is 1. The van der Waals surface area contributed by atoms with Gasteiger partial charge in [-0.2, -0.15) is 9.61 Å². The van der Waals surface area contributed by atoms with E-state index in [-0.39, 0.29) is 6.42 Å². The van der Waals surface area contributed by atoms with E-state index >= 15 is 0 Å². The molecule has 6 heteroatoms. The molecule has 6 nitrogen and oxygen atoms in total. The monoisotopic (exact) mass is 296 g/mol. The molecule has 22 heavy (non-hydrogen) atoms. The summed E-state index contributed by atoms with van der Waals surface area (Å²) in [5.74, 6) is -0.301. The van der Waals surface area contributed by atoms with E-state index in [0.29, 0.717) is 17.9 Å². The minimum Gasteiger partial charge on any atom is -0.481 e. The van der Waals surface area contributed by atoms with Gasteiger partial charge in [0.15, 0.2) is 11.5 Å². The standard InChI is InChI=1S/C16H16N4O2/c1-10-3-4-12(9-11(10)2)13-5-6-14-17-18-15(20(14)19-13)7-8-16(21)22/h3-6,9H,7-8H2,1-2H3,(H,21,22). The van der Waals surface area contributed by atoms with Gasteiger partial charge in [-0.3, -0.25) is 4.79 Å². The van der Waals surface area contributed by atoms with Crippen LogP contribution in [-0.2, 0) is 11.2 Å². The summed E-state index contributed by atoms with van der Waals surface area (Å²) < 4.78 is 1.62. The molecule has 0 spiro atoms. The normalized spacial score (nSPS) is 11.0. The van der Waals surface area contributed by atoms with E-state index < -0.39 is 5.97 Å². The third kappa shape index (κ3) is 2.67. The van der Waals surface area contributed by atoms with Gasteiger partial charge in [-0.25, -0.2) is 0 Å². The number of hydrogen-bond donors (Lipinski definition) is 1. The largest absolute Gasteiger partial charge is 0.481 e. The summed E-state index contributed by atoms with van der Waals surface area (Å²) in [6, 6.07) is 9.92. The zero-order valence-corrected chi connectivity index (χ0v) is 12.4. The van der Waals surface area contributed by atoms with Crippen molar-refractivity contribution in [3.05, 3.63) is 47.3 Å². The summed E-state index contributed by atoms with van der Waals surface area (Å²) in [4.78, 5) is 10.7. The highest BCUT2D eigenvalue weighted by atomic mass is 16.4. The Hall–Kier alpha value is -2.76. The Labute approximate surface area is 127 Å². The van der Waals surface area contributed by atoms with Crippen molar-refractivity contribution < 1.29 is 9.90 Å². The third-order valence-electron chi connectivity index (χ3n) is 3.69. The van der Waals surface area contributed by atoms with Crippen LogP contribution in [0.1, 0.15) is 23.4 Å². The fourth-order valence-corrected chi connectivity index (χ4v) is 2.26. The lowest BCUT2D eigenvalue weighted by molar-refractivity contribution is -0.137. The molecular formula is C16H16N4O2. The molecule has 0 aliphatic rings. The van der Waals surface area contributed by atoms with E-state index in [2.05, 4.69) is 41.3 Å². The van der Waals surface area contributed by atoms with Crippen molar-refractivity contribution in [3.63, 3.8) is 0 Å². The molecule has 0 bridgehead atoms. The van der Waals surface area contributed by atoms with Gasteiger partial charge in [0.25, 0.3) is 0 Å². The van der Waals surface area contributed by atoms with Crippen LogP contribution in [0.3, 0.4) is 0 Å². The summed E-state index contributed by atoms with van der Waals surface area (Å²) in [5.41, 5.74) is 4.88. The number of aromatic nitrogens is 4. The van der Waals surface area contributed by atoms with Crippen LogP contribution in [-0.4, -0.2) is 30.9 Å². The van der Waals surface area contributed by atoms with Crippen LogP contribution in [0, 0.1) is 13.8 Å². The molecule has 1 N–H and O–H groups in total. The Bertz CT molecular complexity index is 854. The number of benzene rings is 1. The minimum atomic E-state index is -0.859. The number of rotatable bonds is 4. The first kappa shape index (κ1) is 14.2. The maximum absolute atomic E-state index is 10.7. The second-order valence-corrected chi connectivity index (χ2v) is 5.30. The molecule has 0 atom stereocenters. The zero-order chi connectivity index (χ0) is 15.7. The lowest BCUT2D eigenvalue weighted by Crippen LogP contribution is -2.04. The third-order valence-corrected chi connectivity index (χ3v) is 3.69. The topological polar surface area (TPSA) is 80.4 Å². The van der Waals surface area contributed by atoms with E-state index in [1.165, 1.54) is 11.1 Å². The fourth-order valence-electron chi connectivity index (χ4n) is 2.26. The van der Waals surface area contributed by atoms with Crippen LogP contribution < -0.4 is 0 Å². The molecule has 0 saturated heterocycles. The summed E-state index contributed by atoms with van der Waals surface area (Å²) in [5, 5.41) is 21.4. The van der Waals surface area contributed by atoms with Crippen molar-refractivity contribution in [2.24, 2.45) is 0 Å². The molecule has 0 radical (unpaired) electrons. The van der Waals surface area contributed by atoms with Crippen molar-refractivity contribution in [2.45, 2.75) is 26.7 Å². The van der Waals surface area contributed by atoms with E-state index in [1.54, 1.807) is 4.52 Å². The van der Waals surface area contributed by atoms with Crippen molar-refractivity contribution in [2.75, 3.05) is 0 Å². The maximum Gasteiger partial charge on any atom is 0.303 e. The first-order valence-corrected chi connectivity index (χ1v) is 7.05. The molecular weight excluding hydrogens is 280 g/mol. The Morgan fingerprint density at radius 1 is 1.14 bits per heavy atom. The zero-order valence-electron chi connectivity index (χ0n) is 12.4. The Balaban J connectivity index is 2.02.